The third kappa shape index (κ3) is 6.59. The number of halogens is 3. The molecule has 2 rings (SSSR count). The van der Waals surface area contributed by atoms with Crippen molar-refractivity contribution in [1.29, 1.82) is 0 Å². The van der Waals surface area contributed by atoms with E-state index in [0.29, 0.717) is 12.5 Å². The van der Waals surface area contributed by atoms with Gasteiger partial charge in [0.2, 0.25) is 0 Å². The Morgan fingerprint density at radius 1 is 1.12 bits per heavy atom. The van der Waals surface area contributed by atoms with Gasteiger partial charge in [-0.05, 0) is 11.1 Å². The van der Waals surface area contributed by atoms with E-state index in [0.717, 1.165) is 22.7 Å². The zero-order chi connectivity index (χ0) is 17.6. The van der Waals surface area contributed by atoms with Gasteiger partial charge in [0.15, 0.2) is 0 Å². The standard InChI is InChI=1S/C17H21F3N2OS/c1-12(2)16-22-9-15(24-16)8-21-7-13-3-5-14(6-4-13)10-23-11-17(18,19)20/h3-6,9,12,21H,7-8,10-11H2,1-2H3. The molecule has 1 aromatic carbocycles. The number of rotatable bonds is 8. The van der Waals surface area contributed by atoms with Crippen LogP contribution in [0.1, 0.15) is 40.8 Å². The third-order valence-electron chi connectivity index (χ3n) is 3.25. The maximum absolute atomic E-state index is 12.0. The Bertz CT molecular complexity index is 624. The molecule has 0 aliphatic heterocycles. The van der Waals surface area contributed by atoms with Gasteiger partial charge in [0.1, 0.15) is 6.61 Å². The molecule has 0 fully saturated rings. The lowest BCUT2D eigenvalue weighted by Crippen LogP contribution is -2.16. The van der Waals surface area contributed by atoms with E-state index >= 15 is 0 Å². The quantitative estimate of drug-likeness (QED) is 0.747. The van der Waals surface area contributed by atoms with Gasteiger partial charge in [-0.2, -0.15) is 13.2 Å². The molecule has 0 bridgehead atoms. The van der Waals surface area contributed by atoms with E-state index in [1.165, 1.54) is 4.88 Å². The minimum Gasteiger partial charge on any atom is -0.367 e. The number of hydrogen-bond donors (Lipinski definition) is 1. The van der Waals surface area contributed by atoms with Gasteiger partial charge < -0.3 is 10.1 Å². The summed E-state index contributed by atoms with van der Waals surface area (Å²) in [6.45, 7) is 4.43. The molecule has 0 atom stereocenters. The van der Waals surface area contributed by atoms with Crippen molar-refractivity contribution >= 4 is 11.3 Å². The normalized spacial score (nSPS) is 12.1. The van der Waals surface area contributed by atoms with E-state index in [2.05, 4.69) is 28.9 Å². The number of nitrogens with one attached hydrogen (secondary N) is 1. The van der Waals surface area contributed by atoms with Gasteiger partial charge in [0, 0.05) is 30.1 Å². The Balaban J connectivity index is 1.73. The average Bonchev–Trinajstić information content (AvgIpc) is 2.97. The molecule has 1 aromatic heterocycles. The van der Waals surface area contributed by atoms with Crippen LogP contribution in [-0.4, -0.2) is 17.8 Å². The van der Waals surface area contributed by atoms with Gasteiger partial charge in [-0.15, -0.1) is 11.3 Å². The summed E-state index contributed by atoms with van der Waals surface area (Å²) in [5.74, 6) is 0.441. The third-order valence-corrected chi connectivity index (χ3v) is 4.55. The van der Waals surface area contributed by atoms with Crippen LogP contribution < -0.4 is 5.32 Å². The van der Waals surface area contributed by atoms with Gasteiger partial charge in [-0.1, -0.05) is 38.1 Å². The van der Waals surface area contributed by atoms with E-state index in [-0.39, 0.29) is 6.61 Å². The van der Waals surface area contributed by atoms with Crippen LogP contribution in [0.15, 0.2) is 30.5 Å². The van der Waals surface area contributed by atoms with Crippen molar-refractivity contribution in [2.45, 2.75) is 45.6 Å². The molecule has 0 aliphatic carbocycles. The van der Waals surface area contributed by atoms with E-state index < -0.39 is 12.8 Å². The molecule has 24 heavy (non-hydrogen) atoms. The van der Waals surface area contributed by atoms with Crippen LogP contribution in [-0.2, 0) is 24.4 Å². The van der Waals surface area contributed by atoms with Crippen LogP contribution in [0.3, 0.4) is 0 Å². The zero-order valence-corrected chi connectivity index (χ0v) is 14.5. The molecule has 0 radical (unpaired) electrons. The summed E-state index contributed by atoms with van der Waals surface area (Å²) < 4.78 is 40.7. The first kappa shape index (κ1) is 18.9. The van der Waals surface area contributed by atoms with E-state index in [9.17, 15) is 13.2 Å². The molecule has 132 valence electrons. The molecule has 3 nitrogen and oxygen atoms in total. The van der Waals surface area contributed by atoms with Gasteiger partial charge in [-0.25, -0.2) is 4.98 Å². The highest BCUT2D eigenvalue weighted by molar-refractivity contribution is 7.11. The number of thiazole rings is 1. The Hall–Kier alpha value is -1.44. The number of benzene rings is 1. The van der Waals surface area contributed by atoms with E-state index in [4.69, 9.17) is 0 Å². The van der Waals surface area contributed by atoms with Crippen LogP contribution >= 0.6 is 11.3 Å². The van der Waals surface area contributed by atoms with Crippen molar-refractivity contribution in [2.24, 2.45) is 0 Å². The molecular weight excluding hydrogens is 337 g/mol. The molecule has 1 N–H and O–H groups in total. The van der Waals surface area contributed by atoms with Crippen LogP contribution in [0.4, 0.5) is 13.2 Å². The second-order valence-electron chi connectivity index (χ2n) is 5.85. The molecule has 0 saturated carbocycles. The molecule has 0 spiro atoms. The highest BCUT2D eigenvalue weighted by Gasteiger charge is 2.27. The van der Waals surface area contributed by atoms with Crippen molar-refractivity contribution in [3.05, 3.63) is 51.5 Å². The highest BCUT2D eigenvalue weighted by Crippen LogP contribution is 2.21. The van der Waals surface area contributed by atoms with Crippen molar-refractivity contribution in [2.75, 3.05) is 6.61 Å². The number of hydrogen-bond acceptors (Lipinski definition) is 4. The Morgan fingerprint density at radius 2 is 1.79 bits per heavy atom. The smallest absolute Gasteiger partial charge is 0.367 e. The van der Waals surface area contributed by atoms with Gasteiger partial charge in [0.25, 0.3) is 0 Å². The van der Waals surface area contributed by atoms with E-state index in [1.807, 2.05) is 18.3 Å². The average molecular weight is 358 g/mol. The summed E-state index contributed by atoms with van der Waals surface area (Å²) in [6, 6.07) is 7.37. The first-order chi connectivity index (χ1) is 11.3. The molecule has 1 heterocycles. The minimum atomic E-state index is -4.28. The van der Waals surface area contributed by atoms with Crippen molar-refractivity contribution < 1.29 is 17.9 Å². The molecule has 0 aliphatic rings. The molecular formula is C17H21F3N2OS. The number of ether oxygens (including phenoxy) is 1. The van der Waals surface area contributed by atoms with Gasteiger partial charge in [0.05, 0.1) is 11.6 Å². The lowest BCUT2D eigenvalue weighted by Gasteiger charge is -2.08. The predicted molar refractivity (Wildman–Crippen MR) is 88.9 cm³/mol. The minimum absolute atomic E-state index is 0.0357. The molecule has 7 heteroatoms. The summed E-state index contributed by atoms with van der Waals surface area (Å²) in [7, 11) is 0. The number of alkyl halides is 3. The molecule has 0 saturated heterocycles. The van der Waals surface area contributed by atoms with Crippen molar-refractivity contribution in [3.8, 4) is 0 Å². The Labute approximate surface area is 143 Å². The number of nitrogens with zero attached hydrogens (tertiary/aromatic N) is 1. The lowest BCUT2D eigenvalue weighted by atomic mass is 10.1. The topological polar surface area (TPSA) is 34.2 Å². The first-order valence-corrected chi connectivity index (χ1v) is 8.53. The van der Waals surface area contributed by atoms with Crippen molar-refractivity contribution in [3.63, 3.8) is 0 Å². The molecule has 2 aromatic rings. The SMILES string of the molecule is CC(C)c1ncc(CNCc2ccc(COCC(F)(F)F)cc2)s1. The monoisotopic (exact) mass is 358 g/mol. The van der Waals surface area contributed by atoms with Crippen LogP contribution in [0.2, 0.25) is 0 Å². The second-order valence-corrected chi connectivity index (χ2v) is 6.99. The second kappa shape index (κ2) is 8.60. The van der Waals surface area contributed by atoms with E-state index in [1.54, 1.807) is 23.5 Å². The highest BCUT2D eigenvalue weighted by atomic mass is 32.1. The van der Waals surface area contributed by atoms with Crippen molar-refractivity contribution in [1.82, 2.24) is 10.3 Å². The summed E-state index contributed by atoms with van der Waals surface area (Å²) in [4.78, 5) is 5.57. The summed E-state index contributed by atoms with van der Waals surface area (Å²) in [5, 5.41) is 4.48. The van der Waals surface area contributed by atoms with Gasteiger partial charge >= 0.3 is 6.18 Å². The fraction of sp³-hybridized carbons (Fsp3) is 0.471. The fourth-order valence-corrected chi connectivity index (χ4v) is 2.93. The van der Waals surface area contributed by atoms with Crippen LogP contribution in [0, 0.1) is 0 Å². The fourth-order valence-electron chi connectivity index (χ4n) is 2.04. The zero-order valence-electron chi connectivity index (χ0n) is 13.7. The summed E-state index contributed by atoms with van der Waals surface area (Å²) in [5.41, 5.74) is 1.80. The number of aromatic nitrogens is 1. The van der Waals surface area contributed by atoms with Gasteiger partial charge in [-0.3, -0.25) is 0 Å². The predicted octanol–water partition coefficient (Wildman–Crippen LogP) is 4.64. The first-order valence-electron chi connectivity index (χ1n) is 7.71. The molecule has 0 amide bonds. The lowest BCUT2D eigenvalue weighted by molar-refractivity contribution is -0.176. The maximum Gasteiger partial charge on any atom is 0.411 e. The maximum atomic E-state index is 12.0. The van der Waals surface area contributed by atoms with Crippen LogP contribution in [0.25, 0.3) is 0 Å². The van der Waals surface area contributed by atoms with Crippen LogP contribution in [0.5, 0.6) is 0 Å². The molecule has 0 unspecified atom stereocenters. The summed E-state index contributed by atoms with van der Waals surface area (Å²) in [6.07, 6.45) is -2.38. The Morgan fingerprint density at radius 3 is 2.38 bits per heavy atom. The largest absolute Gasteiger partial charge is 0.411 e. The summed E-state index contributed by atoms with van der Waals surface area (Å²) >= 11 is 1.71. The Kier molecular flexibility index (Phi) is 6.77.